The lowest BCUT2D eigenvalue weighted by Crippen LogP contribution is -2.54. The molecule has 2 N–H and O–H groups in total. The van der Waals surface area contributed by atoms with Crippen molar-refractivity contribution in [2.75, 3.05) is 12.0 Å². The highest BCUT2D eigenvalue weighted by Gasteiger charge is 2.35. The first kappa shape index (κ1) is 27.3. The Bertz CT molecular complexity index is 1730. The minimum absolute atomic E-state index is 0.0194. The number of hydrogen-bond donors (Lipinski definition) is 2. The van der Waals surface area contributed by atoms with E-state index in [9.17, 15) is 19.5 Å². The number of thiocarbonyl (C=S) groups is 1. The van der Waals surface area contributed by atoms with Crippen LogP contribution in [0.3, 0.4) is 0 Å². The average Bonchev–Trinajstić information content (AvgIpc) is 2.94. The van der Waals surface area contributed by atoms with Gasteiger partial charge in [-0.05, 0) is 99.2 Å². The van der Waals surface area contributed by atoms with Crippen molar-refractivity contribution >= 4 is 80.2 Å². The number of nitrogens with zero attached hydrogens (tertiary/aromatic N) is 1. The van der Waals surface area contributed by atoms with Crippen molar-refractivity contribution in [2.45, 2.75) is 6.61 Å². The van der Waals surface area contributed by atoms with Crippen LogP contribution in [0.5, 0.6) is 11.5 Å². The van der Waals surface area contributed by atoms with Crippen molar-refractivity contribution in [3.8, 4) is 11.5 Å². The van der Waals surface area contributed by atoms with Gasteiger partial charge >= 0.3 is 5.97 Å². The Kier molecular flexibility index (Phi) is 7.81. The van der Waals surface area contributed by atoms with Gasteiger partial charge in [-0.15, -0.1) is 0 Å². The molecule has 10 heteroatoms. The molecule has 2 amide bonds. The molecule has 0 bridgehead atoms. The molecule has 1 heterocycles. The summed E-state index contributed by atoms with van der Waals surface area (Å²) >= 11 is 7.34. The summed E-state index contributed by atoms with van der Waals surface area (Å²) in [7, 11) is 1.51. The number of carbonyl (C=O) groups is 3. The summed E-state index contributed by atoms with van der Waals surface area (Å²) in [6.07, 6.45) is 1.44. The van der Waals surface area contributed by atoms with Gasteiger partial charge in [0.15, 0.2) is 16.6 Å². The normalized spacial score (nSPS) is 14.4. The SMILES string of the molecule is COc1cc(C=C2C(=O)NC(=S)N(c3cccc(C(=O)O)c3)C2=O)cc(I)c1OCc1ccc2ccccc2c1. The third-order valence-corrected chi connectivity index (χ3v) is 7.30. The first-order valence-electron chi connectivity index (χ1n) is 12.0. The Morgan fingerprint density at radius 2 is 1.80 bits per heavy atom. The fourth-order valence-electron chi connectivity index (χ4n) is 4.28. The summed E-state index contributed by atoms with van der Waals surface area (Å²) in [6, 6.07) is 23.4. The Labute approximate surface area is 248 Å². The number of aromatic carboxylic acids is 1. The number of fused-ring (bicyclic) bond motifs is 1. The van der Waals surface area contributed by atoms with Crippen molar-refractivity contribution < 1.29 is 29.0 Å². The van der Waals surface area contributed by atoms with Crippen LogP contribution in [0.25, 0.3) is 16.8 Å². The van der Waals surface area contributed by atoms with Crippen LogP contribution in [0.15, 0.2) is 84.4 Å². The molecule has 200 valence electrons. The summed E-state index contributed by atoms with van der Waals surface area (Å²) in [6.45, 7) is 0.320. The Balaban J connectivity index is 1.43. The van der Waals surface area contributed by atoms with E-state index < -0.39 is 17.8 Å². The molecule has 0 aliphatic carbocycles. The quantitative estimate of drug-likeness (QED) is 0.115. The van der Waals surface area contributed by atoms with E-state index in [4.69, 9.17) is 21.7 Å². The number of halogens is 1. The van der Waals surface area contributed by atoms with E-state index in [2.05, 4.69) is 40.0 Å². The lowest BCUT2D eigenvalue weighted by Gasteiger charge is -2.29. The molecular weight excluding hydrogens is 643 g/mol. The molecule has 40 heavy (non-hydrogen) atoms. The van der Waals surface area contributed by atoms with Gasteiger partial charge in [0.05, 0.1) is 21.9 Å². The Morgan fingerprint density at radius 3 is 2.55 bits per heavy atom. The van der Waals surface area contributed by atoms with Crippen LogP contribution in [0.1, 0.15) is 21.5 Å². The summed E-state index contributed by atoms with van der Waals surface area (Å²) in [5, 5.41) is 14.0. The highest BCUT2D eigenvalue weighted by atomic mass is 127. The van der Waals surface area contributed by atoms with Crippen molar-refractivity contribution in [3.63, 3.8) is 0 Å². The van der Waals surface area contributed by atoms with Gasteiger partial charge in [-0.25, -0.2) is 4.79 Å². The largest absolute Gasteiger partial charge is 0.493 e. The monoisotopic (exact) mass is 664 g/mol. The minimum atomic E-state index is -1.15. The molecule has 1 aliphatic rings. The summed E-state index contributed by atoms with van der Waals surface area (Å²) in [5.41, 5.74) is 1.57. The Hall–Kier alpha value is -4.29. The summed E-state index contributed by atoms with van der Waals surface area (Å²) in [5.74, 6) is -1.52. The molecule has 4 aromatic rings. The number of ether oxygens (including phenoxy) is 2. The van der Waals surface area contributed by atoms with E-state index in [1.807, 2.05) is 30.3 Å². The molecular formula is C30H21IN2O6S. The molecule has 0 radical (unpaired) electrons. The topological polar surface area (TPSA) is 105 Å². The van der Waals surface area contributed by atoms with Crippen LogP contribution in [-0.2, 0) is 16.2 Å². The van der Waals surface area contributed by atoms with Crippen LogP contribution >= 0.6 is 34.8 Å². The molecule has 1 aliphatic heterocycles. The van der Waals surface area contributed by atoms with Crippen molar-refractivity contribution in [1.82, 2.24) is 5.32 Å². The van der Waals surface area contributed by atoms with Gasteiger partial charge in [-0.2, -0.15) is 0 Å². The predicted octanol–water partition coefficient (Wildman–Crippen LogP) is 5.56. The van der Waals surface area contributed by atoms with Crippen molar-refractivity contribution in [3.05, 3.63) is 105 Å². The molecule has 0 atom stereocenters. The van der Waals surface area contributed by atoms with Crippen LogP contribution in [0, 0.1) is 3.57 Å². The number of anilines is 1. The highest BCUT2D eigenvalue weighted by Crippen LogP contribution is 2.36. The molecule has 0 aromatic heterocycles. The number of benzene rings is 4. The lowest BCUT2D eigenvalue weighted by atomic mass is 10.1. The molecule has 5 rings (SSSR count). The van der Waals surface area contributed by atoms with Gasteiger partial charge in [0, 0.05) is 0 Å². The number of amides is 2. The van der Waals surface area contributed by atoms with Crippen LogP contribution in [-0.4, -0.2) is 35.1 Å². The third kappa shape index (κ3) is 5.54. The van der Waals surface area contributed by atoms with Gasteiger partial charge in [-0.3, -0.25) is 19.8 Å². The van der Waals surface area contributed by atoms with E-state index in [0.717, 1.165) is 24.8 Å². The number of hydrogen-bond acceptors (Lipinski definition) is 6. The molecule has 1 fully saturated rings. The van der Waals surface area contributed by atoms with Gasteiger partial charge in [0.1, 0.15) is 12.2 Å². The van der Waals surface area contributed by atoms with Crippen LogP contribution in [0.4, 0.5) is 5.69 Å². The maximum Gasteiger partial charge on any atom is 0.335 e. The molecule has 4 aromatic carbocycles. The molecule has 8 nitrogen and oxygen atoms in total. The number of methoxy groups -OCH3 is 1. The second kappa shape index (κ2) is 11.4. The fraction of sp³-hybridized carbons (Fsp3) is 0.0667. The maximum atomic E-state index is 13.4. The third-order valence-electron chi connectivity index (χ3n) is 6.21. The standard InChI is InChI=1S/C30H21IN2O6S/c1-38-25-14-18(13-24(31)26(25)39-16-17-9-10-19-5-2-3-6-20(19)11-17)12-23-27(34)32-30(40)33(28(23)35)22-8-4-7-21(15-22)29(36)37/h2-15H,16H2,1H3,(H,36,37)(H,32,34,40). The number of carbonyl (C=O) groups excluding carboxylic acids is 2. The van der Waals surface area contributed by atoms with E-state index in [1.54, 1.807) is 18.2 Å². The predicted molar refractivity (Wildman–Crippen MR) is 164 cm³/mol. The maximum absolute atomic E-state index is 13.4. The second-order valence-electron chi connectivity index (χ2n) is 8.82. The molecule has 0 saturated carbocycles. The Morgan fingerprint density at radius 1 is 1.02 bits per heavy atom. The fourth-order valence-corrected chi connectivity index (χ4v) is 5.35. The number of carboxylic acids is 1. The lowest BCUT2D eigenvalue weighted by molar-refractivity contribution is -0.122. The van der Waals surface area contributed by atoms with Gasteiger partial charge in [0.25, 0.3) is 11.8 Å². The van der Waals surface area contributed by atoms with Gasteiger partial charge in [-0.1, -0.05) is 42.5 Å². The summed E-state index contributed by atoms with van der Waals surface area (Å²) < 4.78 is 12.4. The zero-order valence-corrected chi connectivity index (χ0v) is 24.0. The first-order valence-corrected chi connectivity index (χ1v) is 13.5. The zero-order chi connectivity index (χ0) is 28.4. The molecule has 0 spiro atoms. The minimum Gasteiger partial charge on any atom is -0.493 e. The molecule has 1 saturated heterocycles. The highest BCUT2D eigenvalue weighted by molar-refractivity contribution is 14.1. The number of nitrogens with one attached hydrogen (secondary N) is 1. The number of rotatable bonds is 7. The second-order valence-corrected chi connectivity index (χ2v) is 10.4. The number of carboxylic acid groups (broad SMARTS) is 1. The molecule has 0 unspecified atom stereocenters. The first-order chi connectivity index (χ1) is 19.2. The van der Waals surface area contributed by atoms with Crippen LogP contribution < -0.4 is 19.7 Å². The van der Waals surface area contributed by atoms with Crippen LogP contribution in [0.2, 0.25) is 0 Å². The summed E-state index contributed by atoms with van der Waals surface area (Å²) in [4.78, 5) is 38.7. The van der Waals surface area contributed by atoms with Crippen molar-refractivity contribution in [2.24, 2.45) is 0 Å². The van der Waals surface area contributed by atoms with E-state index in [0.29, 0.717) is 23.7 Å². The smallest absolute Gasteiger partial charge is 0.335 e. The van der Waals surface area contributed by atoms with E-state index >= 15 is 0 Å². The van der Waals surface area contributed by atoms with E-state index in [1.165, 1.54) is 31.4 Å². The van der Waals surface area contributed by atoms with Gasteiger partial charge < -0.3 is 14.6 Å². The van der Waals surface area contributed by atoms with Gasteiger partial charge in [0.2, 0.25) is 0 Å². The van der Waals surface area contributed by atoms with E-state index in [-0.39, 0.29) is 21.9 Å². The zero-order valence-electron chi connectivity index (χ0n) is 21.0. The van der Waals surface area contributed by atoms with Crippen molar-refractivity contribution in [1.29, 1.82) is 0 Å². The average molecular weight is 664 g/mol.